The second kappa shape index (κ2) is 9.49. The summed E-state index contributed by atoms with van der Waals surface area (Å²) in [5, 5.41) is 12.4. The van der Waals surface area contributed by atoms with Crippen molar-refractivity contribution in [1.82, 2.24) is 10.2 Å². The van der Waals surface area contributed by atoms with Gasteiger partial charge in [0, 0.05) is 24.4 Å². The average Bonchev–Trinajstić information content (AvgIpc) is 3.46. The molecular formula is C27H30N2O5. The van der Waals surface area contributed by atoms with Gasteiger partial charge >= 0.3 is 12.1 Å². The lowest BCUT2D eigenvalue weighted by atomic mass is 9.84. The van der Waals surface area contributed by atoms with Crippen molar-refractivity contribution in [1.29, 1.82) is 0 Å². The highest BCUT2D eigenvalue weighted by Crippen LogP contribution is 2.44. The lowest BCUT2D eigenvalue weighted by molar-refractivity contribution is -0.150. The first-order valence-corrected chi connectivity index (χ1v) is 12.2. The third-order valence-electron chi connectivity index (χ3n) is 7.51. The lowest BCUT2D eigenvalue weighted by Crippen LogP contribution is -2.47. The van der Waals surface area contributed by atoms with Crippen LogP contribution in [0.15, 0.2) is 48.5 Å². The highest BCUT2D eigenvalue weighted by Gasteiger charge is 2.39. The number of amides is 2. The van der Waals surface area contributed by atoms with Crippen LogP contribution in [0.3, 0.4) is 0 Å². The van der Waals surface area contributed by atoms with E-state index in [0.717, 1.165) is 25.7 Å². The quantitative estimate of drug-likeness (QED) is 0.696. The Morgan fingerprint density at radius 2 is 1.62 bits per heavy atom. The van der Waals surface area contributed by atoms with Crippen molar-refractivity contribution in [3.8, 4) is 11.1 Å². The number of nitrogens with one attached hydrogen (secondary N) is 1. The second-order valence-electron chi connectivity index (χ2n) is 9.56. The van der Waals surface area contributed by atoms with Crippen LogP contribution in [0.2, 0.25) is 0 Å². The fourth-order valence-corrected chi connectivity index (χ4v) is 5.87. The molecule has 0 radical (unpaired) electrons. The molecule has 2 aliphatic carbocycles. The lowest BCUT2D eigenvalue weighted by Gasteiger charge is -2.32. The van der Waals surface area contributed by atoms with Gasteiger partial charge in [0.05, 0.1) is 0 Å². The van der Waals surface area contributed by atoms with Crippen molar-refractivity contribution in [2.24, 2.45) is 5.92 Å². The Labute approximate surface area is 199 Å². The molecule has 0 aromatic heterocycles. The molecule has 2 N–H and O–H groups in total. The third kappa shape index (κ3) is 4.27. The molecule has 5 rings (SSSR count). The van der Waals surface area contributed by atoms with Crippen LogP contribution in [0.4, 0.5) is 4.79 Å². The maximum absolute atomic E-state index is 13.0. The smallest absolute Gasteiger partial charge is 0.407 e. The number of likely N-dealkylation sites (tertiary alicyclic amines) is 1. The van der Waals surface area contributed by atoms with Gasteiger partial charge in [-0.05, 0) is 54.4 Å². The molecule has 3 atom stereocenters. The van der Waals surface area contributed by atoms with Crippen LogP contribution in [-0.4, -0.2) is 53.2 Å². The van der Waals surface area contributed by atoms with Crippen LogP contribution in [0.1, 0.15) is 55.6 Å². The molecular weight excluding hydrogens is 432 g/mol. The number of rotatable bonds is 5. The molecule has 2 aromatic rings. The topological polar surface area (TPSA) is 95.9 Å². The molecule has 2 aromatic carbocycles. The van der Waals surface area contributed by atoms with E-state index in [-0.39, 0.29) is 30.4 Å². The first-order valence-electron chi connectivity index (χ1n) is 12.2. The van der Waals surface area contributed by atoms with Crippen LogP contribution >= 0.6 is 0 Å². The Balaban J connectivity index is 1.18. The van der Waals surface area contributed by atoms with Gasteiger partial charge in [0.15, 0.2) is 0 Å². The summed E-state index contributed by atoms with van der Waals surface area (Å²) in [4.78, 5) is 38.7. The van der Waals surface area contributed by atoms with Crippen LogP contribution < -0.4 is 5.32 Å². The SMILES string of the molecule is O=C(N[C@@H]1CCC[C@H](C(=O)N2CCC[C@H]2C(=O)O)C1)OCC1c2ccccc2-c2ccccc21. The Morgan fingerprint density at radius 3 is 2.29 bits per heavy atom. The summed E-state index contributed by atoms with van der Waals surface area (Å²) >= 11 is 0. The summed E-state index contributed by atoms with van der Waals surface area (Å²) in [5.74, 6) is -1.28. The van der Waals surface area contributed by atoms with Crippen molar-refractivity contribution in [3.63, 3.8) is 0 Å². The van der Waals surface area contributed by atoms with Gasteiger partial charge in [0.1, 0.15) is 12.6 Å². The fourth-order valence-electron chi connectivity index (χ4n) is 5.87. The minimum atomic E-state index is -0.935. The minimum Gasteiger partial charge on any atom is -0.480 e. The monoisotopic (exact) mass is 462 g/mol. The number of aliphatic carboxylic acids is 1. The second-order valence-corrected chi connectivity index (χ2v) is 9.56. The number of hydrogen-bond donors (Lipinski definition) is 2. The number of carbonyl (C=O) groups excluding carboxylic acids is 2. The number of benzene rings is 2. The maximum Gasteiger partial charge on any atom is 0.407 e. The van der Waals surface area contributed by atoms with E-state index in [4.69, 9.17) is 4.74 Å². The van der Waals surface area contributed by atoms with Crippen LogP contribution in [0.5, 0.6) is 0 Å². The summed E-state index contributed by atoms with van der Waals surface area (Å²) in [5.41, 5.74) is 4.70. The molecule has 0 unspecified atom stereocenters. The van der Waals surface area contributed by atoms with Gasteiger partial charge in [-0.25, -0.2) is 9.59 Å². The molecule has 34 heavy (non-hydrogen) atoms. The largest absolute Gasteiger partial charge is 0.480 e. The molecule has 7 nitrogen and oxygen atoms in total. The third-order valence-corrected chi connectivity index (χ3v) is 7.51. The molecule has 3 aliphatic rings. The summed E-state index contributed by atoms with van der Waals surface area (Å²) < 4.78 is 5.66. The zero-order valence-electron chi connectivity index (χ0n) is 19.1. The Hall–Kier alpha value is -3.35. The molecule has 1 saturated carbocycles. The number of nitrogens with zero attached hydrogens (tertiary/aromatic N) is 1. The first kappa shape index (κ1) is 22.4. The standard InChI is InChI=1S/C27H30N2O5/c30-25(29-14-6-13-24(29)26(31)32)17-7-5-8-18(15-17)28-27(33)34-16-23-21-11-3-1-9-19(21)20-10-2-4-12-22(20)23/h1-4,9-12,17-18,23-24H,5-8,13-16H2,(H,28,33)(H,31,32)/t17-,18+,24-/m0/s1. The number of carboxylic acids is 1. The van der Waals surface area contributed by atoms with Gasteiger partial charge in [-0.15, -0.1) is 0 Å². The Bertz CT molecular complexity index is 1050. The van der Waals surface area contributed by atoms with Gasteiger partial charge in [-0.3, -0.25) is 4.79 Å². The normalized spacial score (nSPS) is 23.8. The molecule has 2 fully saturated rings. The maximum atomic E-state index is 13.0. The molecule has 1 saturated heterocycles. The number of carbonyl (C=O) groups is 3. The van der Waals surface area contributed by atoms with E-state index >= 15 is 0 Å². The van der Waals surface area contributed by atoms with E-state index in [1.807, 2.05) is 24.3 Å². The molecule has 1 heterocycles. The Morgan fingerprint density at radius 1 is 0.941 bits per heavy atom. The predicted molar refractivity (Wildman–Crippen MR) is 126 cm³/mol. The van der Waals surface area contributed by atoms with Gasteiger partial charge in [0.2, 0.25) is 5.91 Å². The van der Waals surface area contributed by atoms with Crippen molar-refractivity contribution in [2.75, 3.05) is 13.2 Å². The van der Waals surface area contributed by atoms with Gasteiger partial charge in [0.25, 0.3) is 0 Å². The van der Waals surface area contributed by atoms with E-state index < -0.39 is 18.1 Å². The van der Waals surface area contributed by atoms with E-state index in [1.165, 1.54) is 27.2 Å². The van der Waals surface area contributed by atoms with Crippen LogP contribution in [0.25, 0.3) is 11.1 Å². The van der Waals surface area contributed by atoms with Gasteiger partial charge in [-0.2, -0.15) is 0 Å². The summed E-state index contributed by atoms with van der Waals surface area (Å²) in [6.07, 6.45) is 3.61. The highest BCUT2D eigenvalue weighted by atomic mass is 16.5. The van der Waals surface area contributed by atoms with E-state index in [0.29, 0.717) is 19.4 Å². The number of ether oxygens (including phenoxy) is 1. The number of hydrogen-bond acceptors (Lipinski definition) is 4. The zero-order valence-corrected chi connectivity index (χ0v) is 19.1. The molecule has 178 valence electrons. The average molecular weight is 463 g/mol. The van der Waals surface area contributed by atoms with Crippen LogP contribution in [-0.2, 0) is 14.3 Å². The van der Waals surface area contributed by atoms with E-state index in [1.54, 1.807) is 0 Å². The fraction of sp³-hybridized carbons (Fsp3) is 0.444. The summed E-state index contributed by atoms with van der Waals surface area (Å²) in [6, 6.07) is 15.6. The van der Waals surface area contributed by atoms with Crippen molar-refractivity contribution in [3.05, 3.63) is 59.7 Å². The number of alkyl carbamates (subject to hydrolysis) is 1. The first-order chi connectivity index (χ1) is 16.5. The molecule has 0 spiro atoms. The minimum absolute atomic E-state index is 0.00181. The van der Waals surface area contributed by atoms with Crippen molar-refractivity contribution < 1.29 is 24.2 Å². The molecule has 0 bridgehead atoms. The summed E-state index contributed by atoms with van der Waals surface area (Å²) in [7, 11) is 0. The number of carboxylic acid groups (broad SMARTS) is 1. The van der Waals surface area contributed by atoms with Crippen molar-refractivity contribution >= 4 is 18.0 Å². The van der Waals surface area contributed by atoms with Crippen molar-refractivity contribution in [2.45, 2.75) is 56.5 Å². The van der Waals surface area contributed by atoms with Crippen LogP contribution in [0, 0.1) is 5.92 Å². The zero-order chi connectivity index (χ0) is 23.7. The van der Waals surface area contributed by atoms with Gasteiger partial charge < -0.3 is 20.1 Å². The Kier molecular flexibility index (Phi) is 6.26. The summed E-state index contributed by atoms with van der Waals surface area (Å²) in [6.45, 7) is 0.750. The van der Waals surface area contributed by atoms with E-state index in [2.05, 4.69) is 29.6 Å². The molecule has 7 heteroatoms. The number of fused-ring (bicyclic) bond motifs is 3. The molecule has 1 aliphatic heterocycles. The molecule has 2 amide bonds. The predicted octanol–water partition coefficient (Wildman–Crippen LogP) is 4.16. The van der Waals surface area contributed by atoms with E-state index in [9.17, 15) is 19.5 Å². The van der Waals surface area contributed by atoms with Gasteiger partial charge in [-0.1, -0.05) is 55.0 Å². The highest BCUT2D eigenvalue weighted by molar-refractivity contribution is 5.86.